The number of rotatable bonds is 28. The van der Waals surface area contributed by atoms with Crippen LogP contribution in [0.4, 0.5) is 0 Å². The first-order chi connectivity index (χ1) is 20.0. The van der Waals surface area contributed by atoms with Gasteiger partial charge < -0.3 is 9.47 Å². The molecule has 2 atom stereocenters. The first kappa shape index (κ1) is 42.6. The van der Waals surface area contributed by atoms with Gasteiger partial charge in [-0.25, -0.2) is 9.59 Å². The summed E-state index contributed by atoms with van der Waals surface area (Å²) in [5, 5.41) is 0. The summed E-state index contributed by atoms with van der Waals surface area (Å²) >= 11 is 0.0736. The molecule has 0 N–H and O–H groups in total. The van der Waals surface area contributed by atoms with Gasteiger partial charge in [0.15, 0.2) is 0 Å². The molecule has 2 radical (unpaired) electrons. The molecule has 0 aliphatic heterocycles. The zero-order valence-electron chi connectivity index (χ0n) is 28.4. The Morgan fingerprint density at radius 2 is 0.854 bits per heavy atom. The maximum absolute atomic E-state index is 11.7. The van der Waals surface area contributed by atoms with E-state index in [9.17, 15) is 9.59 Å². The Bertz CT molecular complexity index is 530. The average Bonchev–Trinajstić information content (AvgIpc) is 2.99. The van der Waals surface area contributed by atoms with E-state index in [4.69, 9.17) is 9.47 Å². The van der Waals surface area contributed by atoms with Gasteiger partial charge in [-0.1, -0.05) is 66.2 Å². The van der Waals surface area contributed by atoms with Crippen LogP contribution in [0.25, 0.3) is 0 Å². The zero-order chi connectivity index (χ0) is 30.8. The molecular formula is C36H70O4Sn. The van der Waals surface area contributed by atoms with Crippen LogP contribution in [-0.2, 0) is 19.1 Å². The first-order valence-electron chi connectivity index (χ1n) is 17.7. The minimum absolute atomic E-state index is 0.0736. The van der Waals surface area contributed by atoms with E-state index in [-0.39, 0.29) is 21.1 Å². The zero-order valence-corrected chi connectivity index (χ0v) is 31.3. The molecule has 0 aliphatic carbocycles. The van der Waals surface area contributed by atoms with Crippen LogP contribution in [0.15, 0.2) is 12.2 Å². The molecule has 0 aromatic rings. The maximum atomic E-state index is 11.7. The van der Waals surface area contributed by atoms with Crippen molar-refractivity contribution in [3.63, 3.8) is 0 Å². The van der Waals surface area contributed by atoms with Gasteiger partial charge in [0, 0.05) is 12.2 Å². The third-order valence-electron chi connectivity index (χ3n) is 7.78. The van der Waals surface area contributed by atoms with Crippen LogP contribution in [0.1, 0.15) is 170 Å². The molecule has 4 nitrogen and oxygen atoms in total. The molecule has 0 aromatic carbocycles. The van der Waals surface area contributed by atoms with Gasteiger partial charge in [0.2, 0.25) is 0 Å². The molecule has 0 saturated heterocycles. The first-order valence-corrected chi connectivity index (χ1v) is 21.7. The van der Waals surface area contributed by atoms with Crippen molar-refractivity contribution >= 4 is 33.1 Å². The van der Waals surface area contributed by atoms with Crippen molar-refractivity contribution in [1.29, 1.82) is 0 Å². The molecule has 0 heterocycles. The van der Waals surface area contributed by atoms with E-state index in [0.29, 0.717) is 25.0 Å². The van der Waals surface area contributed by atoms with Gasteiger partial charge in [0.1, 0.15) is 0 Å². The summed E-state index contributed by atoms with van der Waals surface area (Å²) in [5.41, 5.74) is 0. The van der Waals surface area contributed by atoms with Gasteiger partial charge in [-0.05, 0) is 24.7 Å². The number of carbonyl (C=O) groups is 2. The van der Waals surface area contributed by atoms with Crippen molar-refractivity contribution in [2.24, 2.45) is 11.8 Å². The summed E-state index contributed by atoms with van der Waals surface area (Å²) in [6.07, 6.45) is 28.9. The van der Waals surface area contributed by atoms with Crippen LogP contribution in [0.2, 0.25) is 8.87 Å². The van der Waals surface area contributed by atoms with E-state index in [1.807, 2.05) is 0 Å². The second-order valence-electron chi connectivity index (χ2n) is 11.7. The second-order valence-corrected chi connectivity index (χ2v) is 16.0. The molecule has 0 amide bonds. The molecule has 0 bridgehead atoms. The number of unbranched alkanes of at least 4 members (excludes halogenated alkanes) is 12. The van der Waals surface area contributed by atoms with Gasteiger partial charge in [-0.3, -0.25) is 0 Å². The van der Waals surface area contributed by atoms with Gasteiger partial charge in [0.05, 0.1) is 13.2 Å². The third kappa shape index (κ3) is 33.8. The van der Waals surface area contributed by atoms with Crippen molar-refractivity contribution in [1.82, 2.24) is 0 Å². The molecule has 0 fully saturated rings. The predicted octanol–water partition coefficient (Wildman–Crippen LogP) is 11.3. The molecule has 0 aromatic heterocycles. The molecule has 5 heteroatoms. The SMILES string of the molecule is CCCCC(CC)COC(=O)C=CC(=O)OCC(CC)CCCC.CCCCCCC[CH2][Sn][CH2]CCCCCCC. The van der Waals surface area contributed by atoms with Crippen molar-refractivity contribution in [3.05, 3.63) is 12.2 Å². The molecule has 0 spiro atoms. The Hall–Kier alpha value is -0.521. The number of ether oxygens (including phenoxy) is 2. The summed E-state index contributed by atoms with van der Waals surface area (Å²) < 4.78 is 13.7. The summed E-state index contributed by atoms with van der Waals surface area (Å²) in [6.45, 7) is 13.9. The summed E-state index contributed by atoms with van der Waals surface area (Å²) in [5.74, 6) is -0.142. The molecule has 2 unspecified atom stereocenters. The van der Waals surface area contributed by atoms with Crippen LogP contribution < -0.4 is 0 Å². The Kier molecular flexibility index (Phi) is 37.1. The molecule has 0 rings (SSSR count). The van der Waals surface area contributed by atoms with E-state index >= 15 is 0 Å². The Morgan fingerprint density at radius 3 is 1.20 bits per heavy atom. The quantitative estimate of drug-likeness (QED) is 0.0356. The molecular weight excluding hydrogens is 615 g/mol. The average molecular weight is 686 g/mol. The monoisotopic (exact) mass is 686 g/mol. The van der Waals surface area contributed by atoms with Gasteiger partial charge in [-0.15, -0.1) is 0 Å². The Balaban J connectivity index is 0. The van der Waals surface area contributed by atoms with Crippen molar-refractivity contribution < 1.29 is 19.1 Å². The van der Waals surface area contributed by atoms with E-state index in [1.54, 1.807) is 21.7 Å². The molecule has 242 valence electrons. The number of hydrogen-bond acceptors (Lipinski definition) is 4. The molecule has 0 aliphatic rings. The van der Waals surface area contributed by atoms with E-state index in [1.165, 1.54) is 76.4 Å². The predicted molar refractivity (Wildman–Crippen MR) is 180 cm³/mol. The van der Waals surface area contributed by atoms with Crippen molar-refractivity contribution in [2.45, 2.75) is 179 Å². The van der Waals surface area contributed by atoms with Crippen LogP contribution in [-0.4, -0.2) is 46.3 Å². The standard InChI is InChI=1S/C20H36O4.2C8H17.Sn/c1-5-9-11-17(7-3)15-23-19(21)13-14-20(22)24-16-18(8-4)12-10-6-2;2*1-3-5-7-8-6-4-2;/h13-14,17-18H,5-12,15-16H2,1-4H3;2*1,3-8H2,2H3;. The van der Waals surface area contributed by atoms with Gasteiger partial charge >= 0.3 is 133 Å². The van der Waals surface area contributed by atoms with Gasteiger partial charge in [-0.2, -0.15) is 0 Å². The number of carbonyl (C=O) groups excluding carboxylic acids is 2. The van der Waals surface area contributed by atoms with Crippen LogP contribution >= 0.6 is 0 Å². The van der Waals surface area contributed by atoms with E-state index < -0.39 is 11.9 Å². The van der Waals surface area contributed by atoms with Crippen LogP contribution in [0, 0.1) is 11.8 Å². The van der Waals surface area contributed by atoms with Crippen molar-refractivity contribution in [2.75, 3.05) is 13.2 Å². The minimum atomic E-state index is -0.472. The van der Waals surface area contributed by atoms with Crippen molar-refractivity contribution in [3.8, 4) is 0 Å². The summed E-state index contributed by atoms with van der Waals surface area (Å²) in [6, 6.07) is 0. The fraction of sp³-hybridized carbons (Fsp3) is 0.889. The summed E-state index contributed by atoms with van der Waals surface area (Å²) in [4.78, 5) is 23.3. The van der Waals surface area contributed by atoms with Gasteiger partial charge in [0.25, 0.3) is 0 Å². The fourth-order valence-electron chi connectivity index (χ4n) is 4.61. The van der Waals surface area contributed by atoms with Crippen LogP contribution in [0.3, 0.4) is 0 Å². The third-order valence-corrected chi connectivity index (χ3v) is 11.8. The summed E-state index contributed by atoms with van der Waals surface area (Å²) in [7, 11) is 0. The number of esters is 2. The molecule has 0 saturated carbocycles. The topological polar surface area (TPSA) is 52.6 Å². The van der Waals surface area contributed by atoms with Crippen LogP contribution in [0.5, 0.6) is 0 Å². The van der Waals surface area contributed by atoms with E-state index in [0.717, 1.165) is 51.4 Å². The fourth-order valence-corrected chi connectivity index (χ4v) is 8.18. The number of hydrogen-bond donors (Lipinski definition) is 0. The van der Waals surface area contributed by atoms with E-state index in [2.05, 4.69) is 41.5 Å². The Morgan fingerprint density at radius 1 is 0.512 bits per heavy atom. The Labute approximate surface area is 267 Å². The normalized spacial score (nSPS) is 12.5. The second kappa shape index (κ2) is 35.7. The molecule has 41 heavy (non-hydrogen) atoms.